The van der Waals surface area contributed by atoms with Crippen LogP contribution in [0.2, 0.25) is 0 Å². The summed E-state index contributed by atoms with van der Waals surface area (Å²) < 4.78 is 0. The minimum Gasteiger partial charge on any atom is -0.351 e. The zero-order chi connectivity index (χ0) is 19.7. The highest BCUT2D eigenvalue weighted by Crippen LogP contribution is 2.34. The van der Waals surface area contributed by atoms with Crippen molar-refractivity contribution in [1.82, 2.24) is 10.2 Å². The van der Waals surface area contributed by atoms with Crippen LogP contribution in [0.25, 0.3) is 0 Å². The van der Waals surface area contributed by atoms with E-state index >= 15 is 0 Å². The average molecular weight is 392 g/mol. The first-order valence-corrected chi connectivity index (χ1v) is 10.0. The Balaban J connectivity index is 1.52. The molecule has 2 aromatic rings. The maximum Gasteiger partial charge on any atom is 0.258 e. The lowest BCUT2D eigenvalue weighted by molar-refractivity contribution is -0.124. The normalized spacial score (nSPS) is 18.7. The number of benzene rings is 2. The molecule has 0 aliphatic carbocycles. The predicted molar refractivity (Wildman–Crippen MR) is 112 cm³/mol. The van der Waals surface area contributed by atoms with Crippen molar-refractivity contribution >= 4 is 40.3 Å². The number of nitrogens with zero attached hydrogens (tertiary/aromatic N) is 3. The summed E-state index contributed by atoms with van der Waals surface area (Å²) in [5.41, 5.74) is 2.64. The number of carbonyl (C=O) groups is 2. The van der Waals surface area contributed by atoms with E-state index in [1.807, 2.05) is 61.5 Å². The van der Waals surface area contributed by atoms with Gasteiger partial charge < -0.3 is 5.32 Å². The Labute approximate surface area is 167 Å². The maximum absolute atomic E-state index is 12.6. The summed E-state index contributed by atoms with van der Waals surface area (Å²) in [6.45, 7) is 4.05. The van der Waals surface area contributed by atoms with E-state index in [2.05, 4.69) is 15.3 Å². The molecule has 2 heterocycles. The largest absolute Gasteiger partial charge is 0.351 e. The molecule has 0 aromatic heterocycles. The molecule has 0 saturated heterocycles. The molecular formula is C21H20N4O2S. The van der Waals surface area contributed by atoms with Crippen LogP contribution in [0, 0.1) is 0 Å². The molecule has 0 fully saturated rings. The number of carbonyl (C=O) groups excluding carboxylic acids is 2. The van der Waals surface area contributed by atoms with Crippen molar-refractivity contribution in [3.8, 4) is 0 Å². The average Bonchev–Trinajstić information content (AvgIpc) is 3.02. The van der Waals surface area contributed by atoms with Crippen LogP contribution in [0.3, 0.4) is 0 Å². The summed E-state index contributed by atoms with van der Waals surface area (Å²) >= 11 is 1.27. The second-order valence-electron chi connectivity index (χ2n) is 6.68. The number of thioether (sulfide) groups is 1. The van der Waals surface area contributed by atoms with Gasteiger partial charge in [0.15, 0.2) is 5.17 Å². The Morgan fingerprint density at radius 1 is 1.18 bits per heavy atom. The van der Waals surface area contributed by atoms with E-state index in [9.17, 15) is 9.59 Å². The van der Waals surface area contributed by atoms with Crippen molar-refractivity contribution in [3.63, 3.8) is 0 Å². The Hall–Kier alpha value is -2.93. The smallest absolute Gasteiger partial charge is 0.258 e. The Morgan fingerprint density at radius 3 is 2.68 bits per heavy atom. The zero-order valence-corrected chi connectivity index (χ0v) is 16.4. The highest BCUT2D eigenvalue weighted by atomic mass is 32.2. The van der Waals surface area contributed by atoms with Crippen LogP contribution in [-0.4, -0.2) is 39.0 Å². The summed E-state index contributed by atoms with van der Waals surface area (Å²) in [6, 6.07) is 16.9. The van der Waals surface area contributed by atoms with Gasteiger partial charge in [-0.25, -0.2) is 9.89 Å². The van der Waals surface area contributed by atoms with Crippen LogP contribution < -0.4 is 5.32 Å². The van der Waals surface area contributed by atoms with Gasteiger partial charge in [-0.2, -0.15) is 0 Å². The van der Waals surface area contributed by atoms with Gasteiger partial charge in [-0.3, -0.25) is 14.6 Å². The van der Waals surface area contributed by atoms with E-state index < -0.39 is 11.3 Å². The first-order chi connectivity index (χ1) is 13.5. The minimum atomic E-state index is -0.450. The summed E-state index contributed by atoms with van der Waals surface area (Å²) in [6.07, 6.45) is 0. The van der Waals surface area contributed by atoms with E-state index in [0.717, 1.165) is 16.8 Å². The Bertz CT molecular complexity index is 987. The standard InChI is InChI=1S/C21H20N4O2S/c1-13-20(27)25-18(23-13)16-10-6-7-11-17(16)24-21(25)28-14(2)19(26)22-12-15-8-4-3-5-9-15/h3-11,13-14H,12H2,1-2H3,(H,22,26)/t13-,14-/m0/s1. The number of nitrogens with one attached hydrogen (secondary N) is 1. The predicted octanol–water partition coefficient (Wildman–Crippen LogP) is 3.10. The molecule has 142 valence electrons. The Morgan fingerprint density at radius 2 is 1.89 bits per heavy atom. The second kappa shape index (κ2) is 7.59. The molecule has 2 aromatic carbocycles. The third-order valence-corrected chi connectivity index (χ3v) is 5.67. The summed E-state index contributed by atoms with van der Waals surface area (Å²) in [4.78, 5) is 35.9. The SMILES string of the molecule is C[C@@H]1N=C2c3ccccc3N=C(S[C@@H](C)C(=O)NCc3ccccc3)N2C1=O. The van der Waals surface area contributed by atoms with Crippen LogP contribution in [0.5, 0.6) is 0 Å². The van der Waals surface area contributed by atoms with Crippen LogP contribution in [-0.2, 0) is 16.1 Å². The van der Waals surface area contributed by atoms with Crippen LogP contribution in [0.4, 0.5) is 5.69 Å². The fourth-order valence-electron chi connectivity index (χ4n) is 3.10. The van der Waals surface area contributed by atoms with Crippen molar-refractivity contribution < 1.29 is 9.59 Å². The molecule has 2 aliphatic rings. The van der Waals surface area contributed by atoms with E-state index in [1.54, 1.807) is 11.8 Å². The van der Waals surface area contributed by atoms with E-state index in [4.69, 9.17) is 0 Å². The van der Waals surface area contributed by atoms with Gasteiger partial charge in [0.25, 0.3) is 5.91 Å². The topological polar surface area (TPSA) is 74.1 Å². The summed E-state index contributed by atoms with van der Waals surface area (Å²) in [5, 5.41) is 3.03. The summed E-state index contributed by atoms with van der Waals surface area (Å²) in [5.74, 6) is 0.392. The van der Waals surface area contributed by atoms with Gasteiger partial charge in [0, 0.05) is 12.1 Å². The fraction of sp³-hybridized carbons (Fsp3) is 0.238. The lowest BCUT2D eigenvalue weighted by atomic mass is 10.1. The molecule has 4 rings (SSSR count). The lowest BCUT2D eigenvalue weighted by Gasteiger charge is -2.26. The van der Waals surface area contributed by atoms with Gasteiger partial charge in [0.05, 0.1) is 10.9 Å². The van der Waals surface area contributed by atoms with Crippen LogP contribution >= 0.6 is 11.8 Å². The quantitative estimate of drug-likeness (QED) is 0.869. The van der Waals surface area contributed by atoms with Crippen molar-refractivity contribution in [3.05, 3.63) is 65.7 Å². The number of rotatable bonds is 4. The summed E-state index contributed by atoms with van der Waals surface area (Å²) in [7, 11) is 0. The number of fused-ring (bicyclic) bond motifs is 3. The second-order valence-corrected chi connectivity index (χ2v) is 7.99. The minimum absolute atomic E-state index is 0.103. The Kier molecular flexibility index (Phi) is 5.00. The molecule has 0 bridgehead atoms. The molecule has 0 radical (unpaired) electrons. The molecular weight excluding hydrogens is 372 g/mol. The molecule has 7 heteroatoms. The first kappa shape index (κ1) is 18.4. The van der Waals surface area contributed by atoms with Gasteiger partial charge in [0.2, 0.25) is 5.91 Å². The maximum atomic E-state index is 12.6. The third kappa shape index (κ3) is 3.45. The van der Waals surface area contributed by atoms with Gasteiger partial charge in [0.1, 0.15) is 11.9 Å². The molecule has 28 heavy (non-hydrogen) atoms. The number of aliphatic imine (C=N–C) groups is 2. The number of para-hydroxylation sites is 1. The van der Waals surface area contributed by atoms with Crippen molar-refractivity contribution in [2.24, 2.45) is 9.98 Å². The molecule has 2 amide bonds. The molecule has 1 N–H and O–H groups in total. The molecule has 0 unspecified atom stereocenters. The molecule has 6 nitrogen and oxygen atoms in total. The third-order valence-electron chi connectivity index (χ3n) is 4.62. The van der Waals surface area contributed by atoms with Gasteiger partial charge >= 0.3 is 0 Å². The van der Waals surface area contributed by atoms with Crippen molar-refractivity contribution in [2.45, 2.75) is 31.7 Å². The first-order valence-electron chi connectivity index (χ1n) is 9.13. The van der Waals surface area contributed by atoms with Gasteiger partial charge in [-0.15, -0.1) is 0 Å². The monoisotopic (exact) mass is 392 g/mol. The molecule has 2 aliphatic heterocycles. The van der Waals surface area contributed by atoms with Gasteiger partial charge in [-0.05, 0) is 31.5 Å². The highest BCUT2D eigenvalue weighted by Gasteiger charge is 2.40. The van der Waals surface area contributed by atoms with Crippen molar-refractivity contribution in [1.29, 1.82) is 0 Å². The van der Waals surface area contributed by atoms with E-state index in [-0.39, 0.29) is 11.8 Å². The van der Waals surface area contributed by atoms with Gasteiger partial charge in [-0.1, -0.05) is 54.2 Å². The fourth-order valence-corrected chi connectivity index (χ4v) is 4.03. The number of hydrogen-bond donors (Lipinski definition) is 1. The van der Waals surface area contributed by atoms with Crippen molar-refractivity contribution in [2.75, 3.05) is 0 Å². The van der Waals surface area contributed by atoms with Crippen LogP contribution in [0.15, 0.2) is 64.6 Å². The van der Waals surface area contributed by atoms with E-state index in [1.165, 1.54) is 11.8 Å². The number of amides is 2. The molecule has 0 saturated carbocycles. The number of amidine groups is 2. The number of hydrogen-bond acceptors (Lipinski definition) is 5. The molecule has 0 spiro atoms. The van der Waals surface area contributed by atoms with Crippen LogP contribution in [0.1, 0.15) is 25.0 Å². The lowest BCUT2D eigenvalue weighted by Crippen LogP contribution is -2.42. The highest BCUT2D eigenvalue weighted by molar-refractivity contribution is 8.15. The molecule has 2 atom stereocenters. The van der Waals surface area contributed by atoms with E-state index in [0.29, 0.717) is 17.5 Å². The zero-order valence-electron chi connectivity index (χ0n) is 15.6.